The average molecular weight is 353 g/mol. The summed E-state index contributed by atoms with van der Waals surface area (Å²) in [6, 6.07) is 6.63. The minimum Gasteiger partial charge on any atom is -0.497 e. The average Bonchev–Trinajstić information content (AvgIpc) is 2.56. The molecule has 0 saturated carbocycles. The molecule has 3 amide bonds. The van der Waals surface area contributed by atoms with E-state index in [2.05, 4.69) is 10.6 Å². The lowest BCUT2D eigenvalue weighted by Crippen LogP contribution is -2.50. The van der Waals surface area contributed by atoms with Crippen LogP contribution in [0.1, 0.15) is 25.3 Å². The van der Waals surface area contributed by atoms with Crippen LogP contribution in [0.15, 0.2) is 24.3 Å². The Bertz CT molecular complexity index is 522. The van der Waals surface area contributed by atoms with E-state index in [0.29, 0.717) is 6.42 Å². The fourth-order valence-corrected chi connectivity index (χ4v) is 2.74. The number of rotatable bonds is 10. The first-order valence-corrected chi connectivity index (χ1v) is 9.33. The van der Waals surface area contributed by atoms with E-state index in [0.717, 1.165) is 24.3 Å². The highest BCUT2D eigenvalue weighted by atomic mass is 32.2. The standard InChI is InChI=1S/C17H27N3O3S/c1-12(4-5-13-6-8-14(23-2)9-7-13)19-16(21)15(10-11-24-3)20-17(18)22/h6-9,12,15H,4-5,10-11H2,1-3H3,(H,19,21)(H3,18,20,22)/t12-,15-/m1/s1. The predicted octanol–water partition coefficient (Wildman–Crippen LogP) is 1.92. The lowest BCUT2D eigenvalue weighted by atomic mass is 10.1. The minimum absolute atomic E-state index is 0.00561. The highest BCUT2D eigenvalue weighted by molar-refractivity contribution is 7.98. The molecule has 0 heterocycles. The summed E-state index contributed by atoms with van der Waals surface area (Å²) in [6.07, 6.45) is 4.17. The maximum Gasteiger partial charge on any atom is 0.312 e. The Morgan fingerprint density at radius 2 is 1.88 bits per heavy atom. The molecule has 4 N–H and O–H groups in total. The molecule has 1 rings (SSSR count). The van der Waals surface area contributed by atoms with Crippen LogP contribution < -0.4 is 21.1 Å². The zero-order chi connectivity index (χ0) is 17.9. The zero-order valence-electron chi connectivity index (χ0n) is 14.5. The maximum absolute atomic E-state index is 12.3. The van der Waals surface area contributed by atoms with Crippen molar-refractivity contribution < 1.29 is 14.3 Å². The molecule has 0 fully saturated rings. The number of primary amides is 1. The summed E-state index contributed by atoms with van der Waals surface area (Å²) in [5.41, 5.74) is 6.33. The second-order valence-corrected chi connectivity index (χ2v) is 6.62. The number of hydrogen-bond acceptors (Lipinski definition) is 4. The van der Waals surface area contributed by atoms with Crippen molar-refractivity contribution in [2.45, 2.75) is 38.3 Å². The van der Waals surface area contributed by atoms with Crippen LogP contribution in [0, 0.1) is 0 Å². The van der Waals surface area contributed by atoms with Crippen LogP contribution in [-0.2, 0) is 11.2 Å². The molecule has 1 aromatic carbocycles. The van der Waals surface area contributed by atoms with Crippen molar-refractivity contribution in [3.8, 4) is 5.75 Å². The van der Waals surface area contributed by atoms with E-state index in [1.807, 2.05) is 37.4 Å². The van der Waals surface area contributed by atoms with Gasteiger partial charge in [-0.3, -0.25) is 4.79 Å². The van der Waals surface area contributed by atoms with Gasteiger partial charge in [0.1, 0.15) is 11.8 Å². The number of hydrogen-bond donors (Lipinski definition) is 3. The van der Waals surface area contributed by atoms with Gasteiger partial charge in [0.2, 0.25) is 5.91 Å². The van der Waals surface area contributed by atoms with Gasteiger partial charge in [-0.1, -0.05) is 12.1 Å². The molecule has 0 aromatic heterocycles. The smallest absolute Gasteiger partial charge is 0.312 e. The number of urea groups is 1. The second kappa shape index (κ2) is 10.8. The third kappa shape index (κ3) is 7.59. The molecule has 6 nitrogen and oxygen atoms in total. The van der Waals surface area contributed by atoms with Gasteiger partial charge < -0.3 is 21.1 Å². The van der Waals surface area contributed by atoms with Gasteiger partial charge in [-0.15, -0.1) is 0 Å². The zero-order valence-corrected chi connectivity index (χ0v) is 15.3. The van der Waals surface area contributed by atoms with Crippen LogP contribution in [-0.4, -0.2) is 43.1 Å². The number of amides is 3. The lowest BCUT2D eigenvalue weighted by molar-refractivity contribution is -0.123. The number of nitrogens with two attached hydrogens (primary N) is 1. The number of methoxy groups -OCH3 is 1. The molecule has 0 radical (unpaired) electrons. The molecule has 0 unspecified atom stereocenters. The fraction of sp³-hybridized carbons (Fsp3) is 0.529. The third-order valence-electron chi connectivity index (χ3n) is 3.66. The van der Waals surface area contributed by atoms with Crippen LogP contribution in [0.3, 0.4) is 0 Å². The SMILES string of the molecule is COc1ccc(CC[C@@H](C)NC(=O)[C@@H](CCSC)NC(N)=O)cc1. The van der Waals surface area contributed by atoms with Crippen molar-refractivity contribution in [1.29, 1.82) is 0 Å². The molecule has 7 heteroatoms. The van der Waals surface area contributed by atoms with Gasteiger partial charge in [0.05, 0.1) is 7.11 Å². The second-order valence-electron chi connectivity index (χ2n) is 5.64. The lowest BCUT2D eigenvalue weighted by Gasteiger charge is -2.20. The number of benzene rings is 1. The molecular weight excluding hydrogens is 326 g/mol. The topological polar surface area (TPSA) is 93.4 Å². The van der Waals surface area contributed by atoms with Gasteiger partial charge in [0, 0.05) is 6.04 Å². The summed E-state index contributed by atoms with van der Waals surface area (Å²) in [7, 11) is 1.64. The molecule has 0 spiro atoms. The number of aryl methyl sites for hydroxylation is 1. The molecule has 0 aliphatic carbocycles. The van der Waals surface area contributed by atoms with Crippen LogP contribution in [0.25, 0.3) is 0 Å². The summed E-state index contributed by atoms with van der Waals surface area (Å²) >= 11 is 1.62. The number of nitrogens with one attached hydrogen (secondary N) is 2. The molecule has 134 valence electrons. The predicted molar refractivity (Wildman–Crippen MR) is 98.4 cm³/mol. The van der Waals surface area contributed by atoms with Gasteiger partial charge in [-0.05, 0) is 55.9 Å². The van der Waals surface area contributed by atoms with Gasteiger partial charge in [0.25, 0.3) is 0 Å². The monoisotopic (exact) mass is 353 g/mol. The molecule has 24 heavy (non-hydrogen) atoms. The molecule has 0 aliphatic heterocycles. The molecule has 2 atom stereocenters. The summed E-state index contributed by atoms with van der Waals surface area (Å²) in [4.78, 5) is 23.3. The van der Waals surface area contributed by atoms with Gasteiger partial charge in [-0.25, -0.2) is 4.79 Å². The molecular formula is C17H27N3O3S. The Hall–Kier alpha value is -1.89. The Morgan fingerprint density at radius 1 is 1.21 bits per heavy atom. The highest BCUT2D eigenvalue weighted by Gasteiger charge is 2.20. The highest BCUT2D eigenvalue weighted by Crippen LogP contribution is 2.13. The van der Waals surface area contributed by atoms with E-state index in [9.17, 15) is 9.59 Å². The minimum atomic E-state index is -0.679. The van der Waals surface area contributed by atoms with Crippen molar-refractivity contribution >= 4 is 23.7 Å². The summed E-state index contributed by atoms with van der Waals surface area (Å²) in [5.74, 6) is 1.41. The van der Waals surface area contributed by atoms with Gasteiger partial charge in [-0.2, -0.15) is 11.8 Å². The van der Waals surface area contributed by atoms with E-state index < -0.39 is 12.1 Å². The summed E-state index contributed by atoms with van der Waals surface area (Å²) in [5, 5.41) is 5.45. The summed E-state index contributed by atoms with van der Waals surface area (Å²) in [6.45, 7) is 1.96. The molecule has 0 bridgehead atoms. The van der Waals surface area contributed by atoms with Crippen LogP contribution in [0.2, 0.25) is 0 Å². The molecule has 0 saturated heterocycles. The largest absolute Gasteiger partial charge is 0.497 e. The summed E-state index contributed by atoms with van der Waals surface area (Å²) < 4.78 is 5.13. The fourth-order valence-electron chi connectivity index (χ4n) is 2.27. The van der Waals surface area contributed by atoms with E-state index in [-0.39, 0.29) is 11.9 Å². The van der Waals surface area contributed by atoms with Crippen molar-refractivity contribution in [3.63, 3.8) is 0 Å². The Balaban J connectivity index is 2.46. The Labute approximate surface area is 147 Å². The first-order chi connectivity index (χ1) is 11.5. The van der Waals surface area contributed by atoms with Gasteiger partial charge in [0.15, 0.2) is 0 Å². The number of ether oxygens (including phenoxy) is 1. The van der Waals surface area contributed by atoms with Crippen LogP contribution in [0.4, 0.5) is 4.79 Å². The van der Waals surface area contributed by atoms with Crippen LogP contribution in [0.5, 0.6) is 5.75 Å². The Morgan fingerprint density at radius 3 is 2.42 bits per heavy atom. The maximum atomic E-state index is 12.3. The van der Waals surface area contributed by atoms with E-state index >= 15 is 0 Å². The number of thioether (sulfide) groups is 1. The van der Waals surface area contributed by atoms with Crippen molar-refractivity contribution in [2.75, 3.05) is 19.1 Å². The number of carbonyl (C=O) groups excluding carboxylic acids is 2. The quantitative estimate of drug-likeness (QED) is 0.599. The third-order valence-corrected chi connectivity index (χ3v) is 4.30. The van der Waals surface area contributed by atoms with E-state index in [1.54, 1.807) is 18.9 Å². The van der Waals surface area contributed by atoms with E-state index in [1.165, 1.54) is 5.56 Å². The van der Waals surface area contributed by atoms with E-state index in [4.69, 9.17) is 10.5 Å². The van der Waals surface area contributed by atoms with Crippen LogP contribution >= 0.6 is 11.8 Å². The van der Waals surface area contributed by atoms with Crippen molar-refractivity contribution in [3.05, 3.63) is 29.8 Å². The molecule has 0 aliphatic rings. The van der Waals surface area contributed by atoms with Crippen molar-refractivity contribution in [1.82, 2.24) is 10.6 Å². The van der Waals surface area contributed by atoms with Gasteiger partial charge >= 0.3 is 6.03 Å². The normalized spacial score (nSPS) is 13.0. The first kappa shape index (κ1) is 20.2. The first-order valence-electron chi connectivity index (χ1n) is 7.94. The number of carbonyl (C=O) groups is 2. The molecule has 1 aromatic rings. The van der Waals surface area contributed by atoms with Crippen molar-refractivity contribution in [2.24, 2.45) is 5.73 Å². The Kier molecular flexibility index (Phi) is 9.07.